The number of methoxy groups -OCH3 is 1. The number of nitrogens with zero attached hydrogens (tertiary/aromatic N) is 1. The molecule has 4 heteroatoms. The molecule has 0 atom stereocenters. The van der Waals surface area contributed by atoms with Crippen LogP contribution in [-0.2, 0) is 0 Å². The lowest BCUT2D eigenvalue weighted by Crippen LogP contribution is -1.99. The van der Waals surface area contributed by atoms with E-state index in [1.165, 1.54) is 0 Å². The van der Waals surface area contributed by atoms with Crippen molar-refractivity contribution in [1.29, 1.82) is 0 Å². The summed E-state index contributed by atoms with van der Waals surface area (Å²) >= 11 is 0. The summed E-state index contributed by atoms with van der Waals surface area (Å²) in [5.74, 6) is -0.393. The minimum Gasteiger partial charge on any atom is -0.494 e. The minimum absolute atomic E-state index is 0.231. The van der Waals surface area contributed by atoms with E-state index in [1.54, 1.807) is 19.2 Å². The Labute approximate surface area is 109 Å². The fourth-order valence-electron chi connectivity index (χ4n) is 2.19. The lowest BCUT2D eigenvalue weighted by atomic mass is 10.1. The largest absolute Gasteiger partial charge is 0.494 e. The average Bonchev–Trinajstić information content (AvgIpc) is 2.43. The van der Waals surface area contributed by atoms with Crippen LogP contribution in [0.5, 0.6) is 5.75 Å². The highest BCUT2D eigenvalue weighted by Crippen LogP contribution is 2.29. The fraction of sp³-hybridized carbons (Fsp3) is 0.0667. The van der Waals surface area contributed by atoms with Crippen LogP contribution in [0.25, 0.3) is 21.8 Å². The van der Waals surface area contributed by atoms with Gasteiger partial charge >= 0.3 is 5.97 Å². The second-order valence-electron chi connectivity index (χ2n) is 4.20. The van der Waals surface area contributed by atoms with Gasteiger partial charge in [-0.25, -0.2) is 9.78 Å². The first kappa shape index (κ1) is 11.5. The average molecular weight is 253 g/mol. The van der Waals surface area contributed by atoms with Gasteiger partial charge in [0.2, 0.25) is 0 Å². The Morgan fingerprint density at radius 2 is 2.00 bits per heavy atom. The van der Waals surface area contributed by atoms with Crippen molar-refractivity contribution in [2.45, 2.75) is 0 Å². The van der Waals surface area contributed by atoms with Crippen LogP contribution in [0.1, 0.15) is 10.4 Å². The first-order valence-electron chi connectivity index (χ1n) is 5.80. The molecule has 1 N–H and O–H groups in total. The maximum Gasteiger partial charge on any atom is 0.336 e. The maximum atomic E-state index is 11.3. The molecule has 0 unspecified atom stereocenters. The molecule has 1 heterocycles. The highest BCUT2D eigenvalue weighted by molar-refractivity contribution is 6.07. The third-order valence-corrected chi connectivity index (χ3v) is 3.10. The molecule has 0 fully saturated rings. The number of carboxylic acids is 1. The van der Waals surface area contributed by atoms with Crippen molar-refractivity contribution in [3.8, 4) is 5.75 Å². The van der Waals surface area contributed by atoms with Crippen LogP contribution in [0.3, 0.4) is 0 Å². The molecule has 0 aliphatic rings. The van der Waals surface area contributed by atoms with E-state index in [4.69, 9.17) is 4.74 Å². The molecule has 2 aromatic carbocycles. The summed E-state index contributed by atoms with van der Waals surface area (Å²) in [4.78, 5) is 15.8. The highest BCUT2D eigenvalue weighted by atomic mass is 16.5. The normalized spacial score (nSPS) is 10.8. The van der Waals surface area contributed by atoms with Gasteiger partial charge in [-0.3, -0.25) is 0 Å². The molecule has 3 rings (SSSR count). The summed E-state index contributed by atoms with van der Waals surface area (Å²) in [5, 5.41) is 10.7. The van der Waals surface area contributed by atoms with Crippen molar-refractivity contribution in [2.24, 2.45) is 0 Å². The molecule has 0 saturated carbocycles. The molecule has 0 aliphatic heterocycles. The van der Waals surface area contributed by atoms with Gasteiger partial charge in [0.25, 0.3) is 0 Å². The van der Waals surface area contributed by atoms with Crippen molar-refractivity contribution < 1.29 is 14.6 Å². The van der Waals surface area contributed by atoms with E-state index in [2.05, 4.69) is 4.98 Å². The minimum atomic E-state index is -0.968. The number of benzene rings is 2. The highest BCUT2D eigenvalue weighted by Gasteiger charge is 2.13. The predicted molar refractivity (Wildman–Crippen MR) is 72.8 cm³/mol. The molecular formula is C15H11NO3. The molecule has 0 aliphatic carbocycles. The SMILES string of the molecule is COc1ccc(C(=O)O)c2cc3ccccc3nc12. The van der Waals surface area contributed by atoms with Crippen molar-refractivity contribution in [3.63, 3.8) is 0 Å². The van der Waals surface area contributed by atoms with Crippen LogP contribution in [0.2, 0.25) is 0 Å². The second kappa shape index (κ2) is 4.24. The zero-order valence-corrected chi connectivity index (χ0v) is 10.3. The predicted octanol–water partition coefficient (Wildman–Crippen LogP) is 3.09. The van der Waals surface area contributed by atoms with E-state index in [0.717, 1.165) is 10.9 Å². The van der Waals surface area contributed by atoms with Gasteiger partial charge in [-0.15, -0.1) is 0 Å². The van der Waals surface area contributed by atoms with Crippen molar-refractivity contribution in [1.82, 2.24) is 4.98 Å². The van der Waals surface area contributed by atoms with E-state index in [0.29, 0.717) is 16.7 Å². The first-order valence-corrected chi connectivity index (χ1v) is 5.80. The van der Waals surface area contributed by atoms with Crippen LogP contribution >= 0.6 is 0 Å². The summed E-state index contributed by atoms with van der Waals surface area (Å²) in [5.41, 5.74) is 1.62. The summed E-state index contributed by atoms with van der Waals surface area (Å²) in [6.07, 6.45) is 0. The van der Waals surface area contributed by atoms with Crippen LogP contribution in [0.4, 0.5) is 0 Å². The van der Waals surface area contributed by atoms with Gasteiger partial charge in [-0.05, 0) is 24.3 Å². The van der Waals surface area contributed by atoms with Gasteiger partial charge < -0.3 is 9.84 Å². The lowest BCUT2D eigenvalue weighted by molar-refractivity contribution is 0.0699. The summed E-state index contributed by atoms with van der Waals surface area (Å²) < 4.78 is 5.26. The number of ether oxygens (including phenoxy) is 1. The first-order chi connectivity index (χ1) is 9.20. The topological polar surface area (TPSA) is 59.4 Å². The molecule has 0 radical (unpaired) electrons. The Hall–Kier alpha value is -2.62. The second-order valence-corrected chi connectivity index (χ2v) is 4.20. The standard InChI is InChI=1S/C15H11NO3/c1-19-13-7-6-10(15(17)18)11-8-9-4-2-3-5-12(9)16-14(11)13/h2-8H,1H3,(H,17,18). The van der Waals surface area contributed by atoms with Crippen molar-refractivity contribution >= 4 is 27.8 Å². The van der Waals surface area contributed by atoms with Crippen LogP contribution in [0, 0.1) is 0 Å². The summed E-state index contributed by atoms with van der Waals surface area (Å²) in [7, 11) is 1.55. The van der Waals surface area contributed by atoms with Gasteiger partial charge in [0.1, 0.15) is 11.3 Å². The summed E-state index contributed by atoms with van der Waals surface area (Å²) in [6, 6.07) is 12.6. The number of aromatic nitrogens is 1. The number of rotatable bonds is 2. The number of carboxylic acid groups (broad SMARTS) is 1. The van der Waals surface area contributed by atoms with Gasteiger partial charge in [0.15, 0.2) is 0 Å². The molecule has 94 valence electrons. The summed E-state index contributed by atoms with van der Waals surface area (Å²) in [6.45, 7) is 0. The monoisotopic (exact) mass is 253 g/mol. The fourth-order valence-corrected chi connectivity index (χ4v) is 2.19. The number of pyridine rings is 1. The van der Waals surface area contributed by atoms with E-state index in [9.17, 15) is 9.90 Å². The zero-order valence-electron chi connectivity index (χ0n) is 10.3. The van der Waals surface area contributed by atoms with E-state index in [1.807, 2.05) is 30.3 Å². The van der Waals surface area contributed by atoms with E-state index in [-0.39, 0.29) is 5.56 Å². The Balaban J connectivity index is 2.49. The Bertz CT molecular complexity index is 796. The lowest BCUT2D eigenvalue weighted by Gasteiger charge is -2.08. The third-order valence-electron chi connectivity index (χ3n) is 3.10. The van der Waals surface area contributed by atoms with E-state index < -0.39 is 5.97 Å². The van der Waals surface area contributed by atoms with Gasteiger partial charge in [-0.1, -0.05) is 18.2 Å². The molecule has 19 heavy (non-hydrogen) atoms. The van der Waals surface area contributed by atoms with Gasteiger partial charge in [0, 0.05) is 10.8 Å². The maximum absolute atomic E-state index is 11.3. The third kappa shape index (κ3) is 1.78. The number of carbonyl (C=O) groups is 1. The molecule has 1 aromatic heterocycles. The van der Waals surface area contributed by atoms with Crippen LogP contribution in [0.15, 0.2) is 42.5 Å². The van der Waals surface area contributed by atoms with Gasteiger partial charge in [-0.2, -0.15) is 0 Å². The molecular weight excluding hydrogens is 242 g/mol. The van der Waals surface area contributed by atoms with Crippen LogP contribution < -0.4 is 4.74 Å². The Morgan fingerprint density at radius 3 is 2.74 bits per heavy atom. The number of hydrogen-bond donors (Lipinski definition) is 1. The molecule has 0 bridgehead atoms. The molecule has 0 amide bonds. The number of para-hydroxylation sites is 1. The Morgan fingerprint density at radius 1 is 1.21 bits per heavy atom. The van der Waals surface area contributed by atoms with Crippen LogP contribution in [-0.4, -0.2) is 23.2 Å². The smallest absolute Gasteiger partial charge is 0.336 e. The Kier molecular flexibility index (Phi) is 2.56. The zero-order chi connectivity index (χ0) is 13.4. The van der Waals surface area contributed by atoms with Crippen molar-refractivity contribution in [2.75, 3.05) is 7.11 Å². The molecule has 4 nitrogen and oxygen atoms in total. The number of fused-ring (bicyclic) bond motifs is 2. The number of hydrogen-bond acceptors (Lipinski definition) is 3. The van der Waals surface area contributed by atoms with Gasteiger partial charge in [0.05, 0.1) is 18.2 Å². The van der Waals surface area contributed by atoms with Crippen molar-refractivity contribution in [3.05, 3.63) is 48.0 Å². The molecule has 0 spiro atoms. The quantitative estimate of drug-likeness (QED) is 0.713. The number of aromatic carboxylic acids is 1. The molecule has 3 aromatic rings. The molecule has 0 saturated heterocycles. The van der Waals surface area contributed by atoms with E-state index >= 15 is 0 Å².